The predicted molar refractivity (Wildman–Crippen MR) is 110 cm³/mol. The van der Waals surface area contributed by atoms with Crippen molar-refractivity contribution >= 4 is 23.6 Å². The number of aromatic nitrogens is 4. The molecule has 1 aliphatic rings. The number of esters is 1. The van der Waals surface area contributed by atoms with E-state index in [0.29, 0.717) is 25.3 Å². The molecule has 0 atom stereocenters. The molecule has 0 spiro atoms. The van der Waals surface area contributed by atoms with Crippen LogP contribution in [0.1, 0.15) is 34.5 Å². The van der Waals surface area contributed by atoms with Gasteiger partial charge in [0.1, 0.15) is 0 Å². The van der Waals surface area contributed by atoms with Gasteiger partial charge < -0.3 is 15.4 Å². The van der Waals surface area contributed by atoms with Crippen molar-refractivity contribution in [1.29, 1.82) is 0 Å². The van der Waals surface area contributed by atoms with Crippen LogP contribution in [-0.2, 0) is 33.7 Å². The largest absolute Gasteiger partial charge is 0.456 e. The second kappa shape index (κ2) is 8.10. The van der Waals surface area contributed by atoms with Crippen LogP contribution in [-0.4, -0.2) is 49.5 Å². The van der Waals surface area contributed by atoms with E-state index in [1.54, 1.807) is 9.42 Å². The Morgan fingerprint density at radius 1 is 1.17 bits per heavy atom. The first-order valence-electron chi connectivity index (χ1n) is 9.91. The molecule has 1 aromatic carbocycles. The van der Waals surface area contributed by atoms with Crippen molar-refractivity contribution in [2.24, 2.45) is 0 Å². The fourth-order valence-corrected chi connectivity index (χ4v) is 3.83. The highest BCUT2D eigenvalue weighted by atomic mass is 16.5. The topological polar surface area (TPSA) is 116 Å². The standard InChI is InChI=1S/C21H24N6O3/c1-13-17(14(2)27-21(23-13)24-20(22)25-27)7-8-19(29)30-12-18(28)26-10-9-15-5-3-4-6-16(15)11-26/h3-6H,7-12H2,1-2H3,(H2,22,25). The van der Waals surface area contributed by atoms with Gasteiger partial charge in [-0.25, -0.2) is 4.98 Å². The molecule has 30 heavy (non-hydrogen) atoms. The van der Waals surface area contributed by atoms with Gasteiger partial charge in [0.2, 0.25) is 5.95 Å². The number of aryl methyl sites for hydroxylation is 2. The first kappa shape index (κ1) is 19.8. The second-order valence-corrected chi connectivity index (χ2v) is 7.44. The van der Waals surface area contributed by atoms with Crippen LogP contribution in [0.5, 0.6) is 0 Å². The lowest BCUT2D eigenvalue weighted by atomic mass is 10.00. The van der Waals surface area contributed by atoms with Crippen LogP contribution in [0.2, 0.25) is 0 Å². The number of nitrogen functional groups attached to an aromatic ring is 1. The summed E-state index contributed by atoms with van der Waals surface area (Å²) in [5.74, 6) is -0.00733. The zero-order valence-electron chi connectivity index (χ0n) is 17.1. The highest BCUT2D eigenvalue weighted by molar-refractivity contribution is 5.81. The number of ether oxygens (including phenoxy) is 1. The highest BCUT2D eigenvalue weighted by Crippen LogP contribution is 2.19. The monoisotopic (exact) mass is 408 g/mol. The maximum atomic E-state index is 12.5. The molecular formula is C21H24N6O3. The van der Waals surface area contributed by atoms with Crippen LogP contribution in [0.4, 0.5) is 5.95 Å². The van der Waals surface area contributed by atoms with Crippen molar-refractivity contribution in [3.05, 3.63) is 52.3 Å². The summed E-state index contributed by atoms with van der Waals surface area (Å²) in [6.45, 7) is 4.69. The maximum Gasteiger partial charge on any atom is 0.306 e. The fourth-order valence-electron chi connectivity index (χ4n) is 3.83. The van der Waals surface area contributed by atoms with E-state index in [1.165, 1.54) is 5.56 Å². The van der Waals surface area contributed by atoms with E-state index >= 15 is 0 Å². The zero-order valence-corrected chi connectivity index (χ0v) is 17.1. The number of hydrogen-bond donors (Lipinski definition) is 1. The van der Waals surface area contributed by atoms with Crippen molar-refractivity contribution in [3.63, 3.8) is 0 Å². The minimum Gasteiger partial charge on any atom is -0.456 e. The Hall–Kier alpha value is -3.49. The molecule has 0 saturated heterocycles. The number of carbonyl (C=O) groups excluding carboxylic acids is 2. The SMILES string of the molecule is Cc1nc2nc(N)nn2c(C)c1CCC(=O)OCC(=O)N1CCc2ccccc2C1. The second-order valence-electron chi connectivity index (χ2n) is 7.44. The van der Waals surface area contributed by atoms with Crippen molar-refractivity contribution in [2.45, 2.75) is 39.7 Å². The van der Waals surface area contributed by atoms with Crippen molar-refractivity contribution < 1.29 is 14.3 Å². The van der Waals surface area contributed by atoms with Gasteiger partial charge in [-0.1, -0.05) is 24.3 Å². The predicted octanol–water partition coefficient (Wildman–Crippen LogP) is 1.38. The molecular weight excluding hydrogens is 384 g/mol. The Kier molecular flexibility index (Phi) is 5.35. The smallest absolute Gasteiger partial charge is 0.306 e. The van der Waals surface area contributed by atoms with Crippen LogP contribution in [0, 0.1) is 13.8 Å². The lowest BCUT2D eigenvalue weighted by Crippen LogP contribution is -2.38. The van der Waals surface area contributed by atoms with Gasteiger partial charge in [-0.15, -0.1) is 5.10 Å². The summed E-state index contributed by atoms with van der Waals surface area (Å²) in [5, 5.41) is 4.12. The summed E-state index contributed by atoms with van der Waals surface area (Å²) in [5.41, 5.74) is 10.5. The maximum absolute atomic E-state index is 12.5. The molecule has 0 fully saturated rings. The number of amides is 1. The number of benzene rings is 1. The molecule has 0 unspecified atom stereocenters. The number of nitrogens with zero attached hydrogens (tertiary/aromatic N) is 5. The van der Waals surface area contributed by atoms with Crippen LogP contribution in [0.15, 0.2) is 24.3 Å². The number of carbonyl (C=O) groups is 2. The van der Waals surface area contributed by atoms with Gasteiger partial charge in [0, 0.05) is 30.9 Å². The minimum atomic E-state index is -0.419. The van der Waals surface area contributed by atoms with Crippen molar-refractivity contribution in [1.82, 2.24) is 24.5 Å². The molecule has 3 aromatic rings. The number of nitrogens with two attached hydrogens (primary N) is 1. The Morgan fingerprint density at radius 3 is 2.73 bits per heavy atom. The molecule has 3 heterocycles. The summed E-state index contributed by atoms with van der Waals surface area (Å²) in [7, 11) is 0. The molecule has 156 valence electrons. The third-order valence-electron chi connectivity index (χ3n) is 5.48. The summed E-state index contributed by atoms with van der Waals surface area (Å²) in [6.07, 6.45) is 1.40. The minimum absolute atomic E-state index is 0.148. The lowest BCUT2D eigenvalue weighted by molar-refractivity contribution is -0.152. The van der Waals surface area contributed by atoms with Gasteiger partial charge in [-0.05, 0) is 43.4 Å². The van der Waals surface area contributed by atoms with Crippen LogP contribution in [0.3, 0.4) is 0 Å². The zero-order chi connectivity index (χ0) is 21.3. The van der Waals surface area contributed by atoms with E-state index < -0.39 is 5.97 Å². The van der Waals surface area contributed by atoms with E-state index in [0.717, 1.165) is 28.9 Å². The molecule has 0 radical (unpaired) electrons. The molecule has 0 bridgehead atoms. The molecule has 0 aliphatic carbocycles. The van der Waals surface area contributed by atoms with Gasteiger partial charge in [0.25, 0.3) is 11.7 Å². The number of rotatable bonds is 5. The van der Waals surface area contributed by atoms with E-state index in [4.69, 9.17) is 10.5 Å². The number of fused-ring (bicyclic) bond motifs is 2. The molecule has 2 N–H and O–H groups in total. The van der Waals surface area contributed by atoms with Crippen LogP contribution in [0.25, 0.3) is 5.78 Å². The summed E-state index contributed by atoms with van der Waals surface area (Å²) >= 11 is 0. The molecule has 1 amide bonds. The molecule has 1 aliphatic heterocycles. The Morgan fingerprint density at radius 2 is 1.93 bits per heavy atom. The molecule has 9 heteroatoms. The van der Waals surface area contributed by atoms with E-state index in [9.17, 15) is 9.59 Å². The quantitative estimate of drug-likeness (QED) is 0.634. The van der Waals surface area contributed by atoms with Gasteiger partial charge in [-0.2, -0.15) is 9.50 Å². The van der Waals surface area contributed by atoms with Gasteiger partial charge >= 0.3 is 5.97 Å². The summed E-state index contributed by atoms with van der Waals surface area (Å²) < 4.78 is 6.80. The average molecular weight is 408 g/mol. The molecule has 2 aromatic heterocycles. The van der Waals surface area contributed by atoms with Crippen molar-refractivity contribution in [3.8, 4) is 0 Å². The molecule has 9 nitrogen and oxygen atoms in total. The third kappa shape index (κ3) is 3.96. The molecule has 4 rings (SSSR count). The lowest BCUT2D eigenvalue weighted by Gasteiger charge is -2.28. The molecule has 0 saturated carbocycles. The first-order chi connectivity index (χ1) is 14.4. The Bertz CT molecular complexity index is 1120. The van der Waals surface area contributed by atoms with E-state index in [-0.39, 0.29) is 24.9 Å². The Labute approximate surface area is 173 Å². The number of anilines is 1. The fraction of sp³-hybridized carbons (Fsp3) is 0.381. The average Bonchev–Trinajstić information content (AvgIpc) is 3.11. The van der Waals surface area contributed by atoms with Crippen molar-refractivity contribution in [2.75, 3.05) is 18.9 Å². The third-order valence-corrected chi connectivity index (χ3v) is 5.48. The van der Waals surface area contributed by atoms with E-state index in [1.807, 2.05) is 32.0 Å². The number of hydrogen-bond acceptors (Lipinski definition) is 7. The van der Waals surface area contributed by atoms with Crippen LogP contribution < -0.4 is 5.73 Å². The van der Waals surface area contributed by atoms with Gasteiger partial charge in [0.15, 0.2) is 6.61 Å². The summed E-state index contributed by atoms with van der Waals surface area (Å²) in [6, 6.07) is 8.09. The van der Waals surface area contributed by atoms with Gasteiger partial charge in [0.05, 0.1) is 0 Å². The van der Waals surface area contributed by atoms with E-state index in [2.05, 4.69) is 21.1 Å². The normalized spacial score (nSPS) is 13.3. The van der Waals surface area contributed by atoms with Gasteiger partial charge in [-0.3, -0.25) is 9.59 Å². The Balaban J connectivity index is 1.31. The summed E-state index contributed by atoms with van der Waals surface area (Å²) in [4.78, 5) is 34.9. The first-order valence-corrected chi connectivity index (χ1v) is 9.91. The van der Waals surface area contributed by atoms with Crippen LogP contribution >= 0.6 is 0 Å². The highest BCUT2D eigenvalue weighted by Gasteiger charge is 2.21.